The van der Waals surface area contributed by atoms with Gasteiger partial charge in [-0.05, 0) is 12.1 Å². The molecule has 0 aromatic heterocycles. The minimum atomic E-state index is -0.428. The largest absolute Gasteiger partial charge is 0.496 e. The molecule has 1 aromatic carbocycles. The van der Waals surface area contributed by atoms with E-state index < -0.39 is 5.82 Å². The summed E-state index contributed by atoms with van der Waals surface area (Å²) in [4.78, 5) is 3.81. The van der Waals surface area contributed by atoms with Crippen LogP contribution in [0.2, 0.25) is 0 Å². The van der Waals surface area contributed by atoms with Crippen LogP contribution in [0.25, 0.3) is 0 Å². The van der Waals surface area contributed by atoms with Gasteiger partial charge in [-0.15, -0.1) is 0 Å². The summed E-state index contributed by atoms with van der Waals surface area (Å²) < 4.78 is 18.4. The second-order valence-electron chi connectivity index (χ2n) is 2.53. The third-order valence-electron chi connectivity index (χ3n) is 1.79. The molecule has 0 saturated carbocycles. The maximum atomic E-state index is 13.4. The van der Waals surface area contributed by atoms with Crippen LogP contribution in [0.15, 0.2) is 23.2 Å². The normalized spacial score (nSPS) is 11.3. The second kappa shape index (κ2) is 4.57. The Balaban J connectivity index is 3.29. The molecule has 1 aromatic rings. The molecule has 1 rings (SSSR count). The molecule has 0 fully saturated rings. The zero-order chi connectivity index (χ0) is 10.6. The maximum absolute atomic E-state index is 13.4. The SMILES string of the molecule is CN=C(NN)c1c(F)cccc1OC. The van der Waals surface area contributed by atoms with E-state index in [-0.39, 0.29) is 11.4 Å². The Hall–Kier alpha value is -1.62. The molecule has 0 heterocycles. The van der Waals surface area contributed by atoms with E-state index in [1.54, 1.807) is 12.1 Å². The van der Waals surface area contributed by atoms with Gasteiger partial charge in [-0.25, -0.2) is 10.2 Å². The van der Waals surface area contributed by atoms with Crippen molar-refractivity contribution in [2.45, 2.75) is 0 Å². The van der Waals surface area contributed by atoms with Crippen LogP contribution in [0.3, 0.4) is 0 Å². The number of nitrogens with zero attached hydrogens (tertiary/aromatic N) is 1. The number of ether oxygens (including phenoxy) is 1. The smallest absolute Gasteiger partial charge is 0.149 e. The molecule has 0 aliphatic heterocycles. The fourth-order valence-corrected chi connectivity index (χ4v) is 1.15. The van der Waals surface area contributed by atoms with Gasteiger partial charge < -0.3 is 10.2 Å². The fraction of sp³-hybridized carbons (Fsp3) is 0.222. The number of amidine groups is 1. The molecule has 5 heteroatoms. The summed E-state index contributed by atoms with van der Waals surface area (Å²) in [6.45, 7) is 0. The molecule has 0 saturated heterocycles. The lowest BCUT2D eigenvalue weighted by Crippen LogP contribution is -2.32. The van der Waals surface area contributed by atoms with E-state index in [4.69, 9.17) is 10.6 Å². The van der Waals surface area contributed by atoms with Gasteiger partial charge in [0.05, 0.1) is 12.7 Å². The predicted octanol–water partition coefficient (Wildman–Crippen LogP) is 0.674. The van der Waals surface area contributed by atoms with E-state index in [2.05, 4.69) is 10.4 Å². The Morgan fingerprint density at radius 3 is 2.79 bits per heavy atom. The van der Waals surface area contributed by atoms with Gasteiger partial charge in [-0.2, -0.15) is 0 Å². The Labute approximate surface area is 81.6 Å². The molecule has 0 amide bonds. The van der Waals surface area contributed by atoms with Gasteiger partial charge in [0.2, 0.25) is 0 Å². The van der Waals surface area contributed by atoms with Gasteiger partial charge >= 0.3 is 0 Å². The fourth-order valence-electron chi connectivity index (χ4n) is 1.15. The minimum absolute atomic E-state index is 0.236. The average molecular weight is 197 g/mol. The molecule has 0 bridgehead atoms. The molecule has 14 heavy (non-hydrogen) atoms. The first kappa shape index (κ1) is 10.5. The van der Waals surface area contributed by atoms with Crippen LogP contribution in [0.1, 0.15) is 5.56 Å². The molecule has 0 aliphatic carbocycles. The van der Waals surface area contributed by atoms with E-state index in [0.29, 0.717) is 5.75 Å². The first-order chi connectivity index (χ1) is 6.74. The van der Waals surface area contributed by atoms with Crippen molar-refractivity contribution in [3.63, 3.8) is 0 Å². The van der Waals surface area contributed by atoms with Crippen molar-refractivity contribution in [2.24, 2.45) is 10.8 Å². The van der Waals surface area contributed by atoms with Gasteiger partial charge in [0.25, 0.3) is 0 Å². The number of halogens is 1. The lowest BCUT2D eigenvalue weighted by molar-refractivity contribution is 0.410. The summed E-state index contributed by atoms with van der Waals surface area (Å²) in [6.07, 6.45) is 0. The van der Waals surface area contributed by atoms with Gasteiger partial charge in [-0.3, -0.25) is 4.99 Å². The zero-order valence-electron chi connectivity index (χ0n) is 8.04. The molecule has 76 valence electrons. The maximum Gasteiger partial charge on any atom is 0.149 e. The van der Waals surface area contributed by atoms with Gasteiger partial charge in [0.15, 0.2) is 0 Å². The van der Waals surface area contributed by atoms with E-state index in [9.17, 15) is 4.39 Å². The van der Waals surface area contributed by atoms with Crippen molar-refractivity contribution < 1.29 is 9.13 Å². The van der Waals surface area contributed by atoms with Gasteiger partial charge in [0, 0.05) is 7.05 Å². The number of benzene rings is 1. The summed E-state index contributed by atoms with van der Waals surface area (Å²) in [5.74, 6) is 5.42. The first-order valence-corrected chi connectivity index (χ1v) is 4.00. The highest BCUT2D eigenvalue weighted by Gasteiger charge is 2.13. The molecular formula is C9H12FN3O. The minimum Gasteiger partial charge on any atom is -0.496 e. The van der Waals surface area contributed by atoms with Crippen LogP contribution < -0.4 is 16.0 Å². The quantitative estimate of drug-likeness (QED) is 0.317. The Bertz CT molecular complexity index is 352. The zero-order valence-corrected chi connectivity index (χ0v) is 8.04. The number of rotatable bonds is 2. The van der Waals surface area contributed by atoms with E-state index in [0.717, 1.165) is 0 Å². The topological polar surface area (TPSA) is 59.6 Å². The molecule has 0 atom stereocenters. The highest BCUT2D eigenvalue weighted by atomic mass is 19.1. The number of aliphatic imine (C=N–C) groups is 1. The molecule has 0 unspecified atom stereocenters. The Kier molecular flexibility index (Phi) is 3.41. The van der Waals surface area contributed by atoms with E-state index >= 15 is 0 Å². The van der Waals surface area contributed by atoms with Gasteiger partial charge in [-0.1, -0.05) is 6.07 Å². The van der Waals surface area contributed by atoms with Crippen molar-refractivity contribution in [1.29, 1.82) is 0 Å². The van der Waals surface area contributed by atoms with Crippen LogP contribution in [-0.2, 0) is 0 Å². The lowest BCUT2D eigenvalue weighted by Gasteiger charge is -2.10. The van der Waals surface area contributed by atoms with Crippen LogP contribution in [0.5, 0.6) is 5.75 Å². The molecule has 3 N–H and O–H groups in total. The number of nitrogens with one attached hydrogen (secondary N) is 1. The van der Waals surface area contributed by atoms with Crippen molar-refractivity contribution >= 4 is 5.84 Å². The summed E-state index contributed by atoms with van der Waals surface area (Å²) in [7, 11) is 2.98. The van der Waals surface area contributed by atoms with Crippen molar-refractivity contribution in [3.8, 4) is 5.75 Å². The first-order valence-electron chi connectivity index (χ1n) is 4.00. The number of methoxy groups -OCH3 is 1. The highest BCUT2D eigenvalue weighted by molar-refractivity contribution is 6.00. The van der Waals surface area contributed by atoms with E-state index in [1.807, 2.05) is 0 Å². The molecule has 0 aliphatic rings. The summed E-state index contributed by atoms with van der Waals surface area (Å²) >= 11 is 0. The number of hydrogen-bond donors (Lipinski definition) is 2. The second-order valence-corrected chi connectivity index (χ2v) is 2.53. The summed E-state index contributed by atoms with van der Waals surface area (Å²) in [5, 5.41) is 0. The highest BCUT2D eigenvalue weighted by Crippen LogP contribution is 2.20. The van der Waals surface area contributed by atoms with Crippen LogP contribution in [-0.4, -0.2) is 20.0 Å². The predicted molar refractivity (Wildman–Crippen MR) is 52.7 cm³/mol. The third-order valence-corrected chi connectivity index (χ3v) is 1.79. The number of nitrogens with two attached hydrogens (primary N) is 1. The lowest BCUT2D eigenvalue weighted by atomic mass is 10.1. The molecule has 0 radical (unpaired) electrons. The van der Waals surface area contributed by atoms with Crippen LogP contribution in [0.4, 0.5) is 4.39 Å². The number of hydrogen-bond acceptors (Lipinski definition) is 3. The van der Waals surface area contributed by atoms with Crippen molar-refractivity contribution in [2.75, 3.05) is 14.2 Å². The Morgan fingerprint density at radius 2 is 2.29 bits per heavy atom. The van der Waals surface area contributed by atoms with E-state index in [1.165, 1.54) is 20.2 Å². The standard InChI is InChI=1S/C9H12FN3O/c1-12-9(13-11)8-6(10)4-3-5-7(8)14-2/h3-5H,11H2,1-2H3,(H,12,13). The van der Waals surface area contributed by atoms with Crippen molar-refractivity contribution in [3.05, 3.63) is 29.6 Å². The van der Waals surface area contributed by atoms with Crippen LogP contribution in [0, 0.1) is 5.82 Å². The number of hydrazine groups is 1. The van der Waals surface area contributed by atoms with Crippen LogP contribution >= 0.6 is 0 Å². The third kappa shape index (κ3) is 1.82. The van der Waals surface area contributed by atoms with Gasteiger partial charge in [0.1, 0.15) is 17.4 Å². The Morgan fingerprint density at radius 1 is 1.57 bits per heavy atom. The molecule has 4 nitrogen and oxygen atoms in total. The summed E-state index contributed by atoms with van der Waals surface area (Å²) in [6, 6.07) is 4.52. The van der Waals surface area contributed by atoms with Crippen molar-refractivity contribution in [1.82, 2.24) is 5.43 Å². The summed E-state index contributed by atoms with van der Waals surface area (Å²) in [5.41, 5.74) is 2.55. The molecular weight excluding hydrogens is 185 g/mol. The molecule has 0 spiro atoms. The average Bonchev–Trinajstić information content (AvgIpc) is 2.22. The monoisotopic (exact) mass is 197 g/mol.